The van der Waals surface area contributed by atoms with E-state index >= 15 is 0 Å². The minimum Gasteiger partial charge on any atom is -0.482 e. The standard InChI is InChI=1S/C16H14ClFN2O4/c17-14-9-13(20(22)23)5-6-15(14)24-10-16(21)19-8-7-11-1-3-12(18)4-2-11/h1-6,9H,7-8,10H2,(H,19,21). The number of nitrogens with one attached hydrogen (secondary N) is 1. The molecule has 0 saturated heterocycles. The maximum atomic E-state index is 12.8. The van der Waals surface area contributed by atoms with Gasteiger partial charge in [0.15, 0.2) is 6.61 Å². The summed E-state index contributed by atoms with van der Waals surface area (Å²) in [5.41, 5.74) is 0.743. The van der Waals surface area contributed by atoms with Crippen LogP contribution in [0.5, 0.6) is 5.75 Å². The number of rotatable bonds is 7. The van der Waals surface area contributed by atoms with Crippen LogP contribution in [0.25, 0.3) is 0 Å². The van der Waals surface area contributed by atoms with Crippen LogP contribution in [0.3, 0.4) is 0 Å². The van der Waals surface area contributed by atoms with Crippen molar-refractivity contribution in [3.63, 3.8) is 0 Å². The summed E-state index contributed by atoms with van der Waals surface area (Å²) >= 11 is 5.86. The lowest BCUT2D eigenvalue weighted by Gasteiger charge is -2.09. The van der Waals surface area contributed by atoms with E-state index in [9.17, 15) is 19.3 Å². The summed E-state index contributed by atoms with van der Waals surface area (Å²) in [5, 5.41) is 13.3. The van der Waals surface area contributed by atoms with Crippen molar-refractivity contribution in [2.45, 2.75) is 6.42 Å². The van der Waals surface area contributed by atoms with Gasteiger partial charge in [-0.15, -0.1) is 0 Å². The highest BCUT2D eigenvalue weighted by atomic mass is 35.5. The largest absolute Gasteiger partial charge is 0.482 e. The minimum absolute atomic E-state index is 0.0586. The van der Waals surface area contributed by atoms with Gasteiger partial charge in [0, 0.05) is 18.7 Å². The zero-order chi connectivity index (χ0) is 17.5. The van der Waals surface area contributed by atoms with Crippen molar-refractivity contribution in [1.82, 2.24) is 5.32 Å². The summed E-state index contributed by atoms with van der Waals surface area (Å²) in [4.78, 5) is 21.7. The molecular formula is C16H14ClFN2O4. The molecular weight excluding hydrogens is 339 g/mol. The highest BCUT2D eigenvalue weighted by Crippen LogP contribution is 2.28. The number of nitro benzene ring substituents is 1. The van der Waals surface area contributed by atoms with E-state index < -0.39 is 4.92 Å². The molecule has 6 nitrogen and oxygen atoms in total. The second kappa shape index (κ2) is 8.26. The lowest BCUT2D eigenvalue weighted by Crippen LogP contribution is -2.30. The fourth-order valence-corrected chi connectivity index (χ4v) is 2.14. The molecule has 1 N–H and O–H groups in total. The Balaban J connectivity index is 1.77. The monoisotopic (exact) mass is 352 g/mol. The SMILES string of the molecule is O=C(COc1ccc([N+](=O)[O-])cc1Cl)NCCc1ccc(F)cc1. The van der Waals surface area contributed by atoms with Gasteiger partial charge in [-0.3, -0.25) is 14.9 Å². The van der Waals surface area contributed by atoms with Crippen molar-refractivity contribution in [2.24, 2.45) is 0 Å². The number of nitrogens with zero attached hydrogens (tertiary/aromatic N) is 1. The highest BCUT2D eigenvalue weighted by molar-refractivity contribution is 6.32. The summed E-state index contributed by atoms with van der Waals surface area (Å²) in [6.07, 6.45) is 0.560. The van der Waals surface area contributed by atoms with Crippen LogP contribution in [-0.4, -0.2) is 24.0 Å². The van der Waals surface area contributed by atoms with Crippen LogP contribution < -0.4 is 10.1 Å². The summed E-state index contributed by atoms with van der Waals surface area (Å²) < 4.78 is 18.0. The number of hydrogen-bond acceptors (Lipinski definition) is 4. The fraction of sp³-hybridized carbons (Fsp3) is 0.188. The van der Waals surface area contributed by atoms with E-state index in [-0.39, 0.29) is 34.8 Å². The topological polar surface area (TPSA) is 81.5 Å². The third kappa shape index (κ3) is 5.20. The Morgan fingerprint density at radius 1 is 1.25 bits per heavy atom. The van der Waals surface area contributed by atoms with Crippen molar-refractivity contribution in [3.05, 3.63) is 69.0 Å². The molecule has 0 heterocycles. The highest BCUT2D eigenvalue weighted by Gasteiger charge is 2.11. The van der Waals surface area contributed by atoms with E-state index in [1.54, 1.807) is 12.1 Å². The van der Waals surface area contributed by atoms with E-state index in [4.69, 9.17) is 16.3 Å². The van der Waals surface area contributed by atoms with Crippen LogP contribution in [0.1, 0.15) is 5.56 Å². The number of amides is 1. The first-order valence-corrected chi connectivity index (χ1v) is 7.41. The lowest BCUT2D eigenvalue weighted by atomic mass is 10.1. The van der Waals surface area contributed by atoms with Gasteiger partial charge in [0.25, 0.3) is 11.6 Å². The molecule has 0 aromatic heterocycles. The number of nitro groups is 1. The average molecular weight is 353 g/mol. The molecule has 0 bridgehead atoms. The van der Waals surface area contributed by atoms with Crippen molar-refractivity contribution < 1.29 is 18.8 Å². The molecule has 126 valence electrons. The average Bonchev–Trinajstić information content (AvgIpc) is 2.55. The predicted molar refractivity (Wildman–Crippen MR) is 86.7 cm³/mol. The lowest BCUT2D eigenvalue weighted by molar-refractivity contribution is -0.384. The zero-order valence-corrected chi connectivity index (χ0v) is 13.3. The smallest absolute Gasteiger partial charge is 0.271 e. The van der Waals surface area contributed by atoms with Gasteiger partial charge in [0.2, 0.25) is 0 Å². The Kier molecular flexibility index (Phi) is 6.08. The van der Waals surface area contributed by atoms with Crippen LogP contribution in [0, 0.1) is 15.9 Å². The van der Waals surface area contributed by atoms with Gasteiger partial charge in [-0.1, -0.05) is 23.7 Å². The summed E-state index contributed by atoms with van der Waals surface area (Å²) in [6.45, 7) is 0.114. The number of ether oxygens (including phenoxy) is 1. The first-order chi connectivity index (χ1) is 11.5. The molecule has 0 unspecified atom stereocenters. The molecule has 24 heavy (non-hydrogen) atoms. The van der Waals surface area contributed by atoms with E-state index in [0.29, 0.717) is 13.0 Å². The molecule has 0 spiro atoms. The first kappa shape index (κ1) is 17.7. The van der Waals surface area contributed by atoms with Gasteiger partial charge in [0.1, 0.15) is 11.6 Å². The molecule has 0 radical (unpaired) electrons. The maximum absolute atomic E-state index is 12.8. The minimum atomic E-state index is -0.572. The normalized spacial score (nSPS) is 10.2. The molecule has 1 amide bonds. The molecule has 0 aliphatic rings. The quantitative estimate of drug-likeness (QED) is 0.613. The third-order valence-electron chi connectivity index (χ3n) is 3.13. The van der Waals surface area contributed by atoms with Crippen molar-refractivity contribution >= 4 is 23.2 Å². The summed E-state index contributed by atoms with van der Waals surface area (Å²) in [6, 6.07) is 9.75. The Hall–Kier alpha value is -2.67. The molecule has 2 rings (SSSR count). The molecule has 0 atom stereocenters. The Morgan fingerprint density at radius 2 is 1.96 bits per heavy atom. The van der Waals surface area contributed by atoms with Crippen molar-refractivity contribution in [3.8, 4) is 5.75 Å². The van der Waals surface area contributed by atoms with Gasteiger partial charge in [-0.05, 0) is 30.2 Å². The van der Waals surface area contributed by atoms with Crippen LogP contribution in [0.4, 0.5) is 10.1 Å². The number of halogens is 2. The van der Waals surface area contributed by atoms with Gasteiger partial charge in [-0.2, -0.15) is 0 Å². The van der Waals surface area contributed by atoms with Gasteiger partial charge in [-0.25, -0.2) is 4.39 Å². The number of carbonyl (C=O) groups is 1. The number of hydrogen-bond donors (Lipinski definition) is 1. The summed E-state index contributed by atoms with van der Waals surface area (Å²) in [7, 11) is 0. The van der Waals surface area contributed by atoms with Gasteiger partial charge >= 0.3 is 0 Å². The molecule has 0 saturated carbocycles. The van der Waals surface area contributed by atoms with E-state index in [2.05, 4.69) is 5.32 Å². The van der Waals surface area contributed by atoms with E-state index in [0.717, 1.165) is 11.6 Å². The second-order valence-corrected chi connectivity index (χ2v) is 5.29. The summed E-state index contributed by atoms with van der Waals surface area (Å²) in [5.74, 6) is -0.473. The zero-order valence-electron chi connectivity index (χ0n) is 12.5. The molecule has 8 heteroatoms. The van der Waals surface area contributed by atoms with E-state index in [1.807, 2.05) is 0 Å². The fourth-order valence-electron chi connectivity index (χ4n) is 1.91. The third-order valence-corrected chi connectivity index (χ3v) is 3.43. The van der Waals surface area contributed by atoms with Crippen LogP contribution >= 0.6 is 11.6 Å². The number of carbonyl (C=O) groups excluding carboxylic acids is 1. The van der Waals surface area contributed by atoms with Crippen LogP contribution in [-0.2, 0) is 11.2 Å². The van der Waals surface area contributed by atoms with Crippen LogP contribution in [0.2, 0.25) is 5.02 Å². The molecule has 0 aliphatic carbocycles. The Labute approximate surface area is 142 Å². The second-order valence-electron chi connectivity index (χ2n) is 4.89. The molecule has 2 aromatic carbocycles. The molecule has 0 fully saturated rings. The van der Waals surface area contributed by atoms with Crippen molar-refractivity contribution in [1.29, 1.82) is 0 Å². The van der Waals surface area contributed by atoms with E-state index in [1.165, 1.54) is 24.3 Å². The van der Waals surface area contributed by atoms with Crippen molar-refractivity contribution in [2.75, 3.05) is 13.2 Å². The predicted octanol–water partition coefficient (Wildman–Crippen LogP) is 3.13. The number of benzene rings is 2. The first-order valence-electron chi connectivity index (χ1n) is 7.03. The molecule has 2 aromatic rings. The Bertz CT molecular complexity index is 737. The van der Waals surface area contributed by atoms with Gasteiger partial charge in [0.05, 0.1) is 9.95 Å². The van der Waals surface area contributed by atoms with Crippen LogP contribution in [0.15, 0.2) is 42.5 Å². The number of non-ortho nitro benzene ring substituents is 1. The Morgan fingerprint density at radius 3 is 2.58 bits per heavy atom. The maximum Gasteiger partial charge on any atom is 0.271 e. The molecule has 0 aliphatic heterocycles. The van der Waals surface area contributed by atoms with Gasteiger partial charge < -0.3 is 10.1 Å².